The fourth-order valence-electron chi connectivity index (χ4n) is 1.74. The van der Waals surface area contributed by atoms with Crippen molar-refractivity contribution in [3.63, 3.8) is 0 Å². The van der Waals surface area contributed by atoms with E-state index in [4.69, 9.17) is 16.3 Å². The van der Waals surface area contributed by atoms with E-state index in [0.717, 1.165) is 18.7 Å². The smallest absolute Gasteiger partial charge is 0.137 e. The summed E-state index contributed by atoms with van der Waals surface area (Å²) in [6, 6.07) is 6.53. The molecule has 17 heavy (non-hydrogen) atoms. The van der Waals surface area contributed by atoms with E-state index >= 15 is 0 Å². The van der Waals surface area contributed by atoms with Crippen molar-refractivity contribution in [3.05, 3.63) is 28.8 Å². The predicted octanol–water partition coefficient (Wildman–Crippen LogP) is 3.53. The third-order valence-electron chi connectivity index (χ3n) is 2.67. The number of hydrogen-bond donors (Lipinski definition) is 1. The Balaban J connectivity index is 2.56. The normalized spacial score (nSPS) is 12.8. The van der Waals surface area contributed by atoms with Gasteiger partial charge >= 0.3 is 0 Å². The molecule has 1 rings (SSSR count). The van der Waals surface area contributed by atoms with Crippen molar-refractivity contribution in [2.45, 2.75) is 33.2 Å². The number of halogens is 1. The maximum atomic E-state index is 6.00. The summed E-state index contributed by atoms with van der Waals surface area (Å²) in [7, 11) is 1.65. The molecule has 2 nitrogen and oxygen atoms in total. The summed E-state index contributed by atoms with van der Waals surface area (Å²) in [5.74, 6) is 1.36. The molecule has 0 aliphatic carbocycles. The van der Waals surface area contributed by atoms with Gasteiger partial charge in [0.25, 0.3) is 0 Å². The van der Waals surface area contributed by atoms with Gasteiger partial charge in [-0.1, -0.05) is 38.4 Å². The molecule has 1 aromatic carbocycles. The summed E-state index contributed by atoms with van der Waals surface area (Å²) in [6.07, 6.45) is 1.03. The zero-order valence-corrected chi connectivity index (χ0v) is 11.8. The molecule has 1 unspecified atom stereocenters. The van der Waals surface area contributed by atoms with Crippen molar-refractivity contribution in [3.8, 4) is 5.75 Å². The van der Waals surface area contributed by atoms with Crippen molar-refractivity contribution in [1.29, 1.82) is 0 Å². The Bertz CT molecular complexity index is 352. The molecule has 0 heterocycles. The highest BCUT2D eigenvalue weighted by atomic mass is 35.5. The molecule has 1 N–H and O–H groups in total. The number of ether oxygens (including phenoxy) is 1. The lowest BCUT2D eigenvalue weighted by Crippen LogP contribution is -2.28. The van der Waals surface area contributed by atoms with Crippen molar-refractivity contribution in [1.82, 2.24) is 5.32 Å². The van der Waals surface area contributed by atoms with Gasteiger partial charge in [0.15, 0.2) is 0 Å². The van der Waals surface area contributed by atoms with E-state index in [1.165, 1.54) is 5.56 Å². The highest BCUT2D eigenvalue weighted by Crippen LogP contribution is 2.26. The fraction of sp³-hybridized carbons (Fsp3) is 0.571. The molecule has 3 heteroatoms. The molecule has 0 radical (unpaired) electrons. The average Bonchev–Trinajstić information content (AvgIpc) is 2.29. The molecule has 0 aliphatic rings. The van der Waals surface area contributed by atoms with Gasteiger partial charge in [0.1, 0.15) is 5.75 Å². The highest BCUT2D eigenvalue weighted by Gasteiger charge is 2.07. The third-order valence-corrected chi connectivity index (χ3v) is 2.99. The summed E-state index contributed by atoms with van der Waals surface area (Å²) < 4.78 is 5.22. The van der Waals surface area contributed by atoms with Gasteiger partial charge in [0.2, 0.25) is 0 Å². The Morgan fingerprint density at radius 1 is 1.29 bits per heavy atom. The zero-order valence-electron chi connectivity index (χ0n) is 11.1. The van der Waals surface area contributed by atoms with Gasteiger partial charge in [0.05, 0.1) is 12.1 Å². The summed E-state index contributed by atoms with van der Waals surface area (Å²) in [4.78, 5) is 0. The van der Waals surface area contributed by atoms with E-state index in [2.05, 4.69) is 32.2 Å². The van der Waals surface area contributed by atoms with Crippen LogP contribution in [0.3, 0.4) is 0 Å². The zero-order chi connectivity index (χ0) is 12.8. The van der Waals surface area contributed by atoms with Crippen LogP contribution in [0.2, 0.25) is 5.02 Å². The molecule has 1 aromatic rings. The highest BCUT2D eigenvalue weighted by molar-refractivity contribution is 6.32. The SMILES string of the molecule is COc1cc(CC(C)CNC(C)C)ccc1Cl. The van der Waals surface area contributed by atoms with Crippen LogP contribution in [0.15, 0.2) is 18.2 Å². The van der Waals surface area contributed by atoms with Gasteiger partial charge in [-0.3, -0.25) is 0 Å². The first kappa shape index (κ1) is 14.3. The molecular weight excluding hydrogens is 234 g/mol. The van der Waals surface area contributed by atoms with E-state index < -0.39 is 0 Å². The van der Waals surface area contributed by atoms with Crippen LogP contribution in [0.5, 0.6) is 5.75 Å². The predicted molar refractivity (Wildman–Crippen MR) is 74.0 cm³/mol. The van der Waals surface area contributed by atoms with Gasteiger partial charge in [0, 0.05) is 6.04 Å². The molecule has 0 bridgehead atoms. The lowest BCUT2D eigenvalue weighted by atomic mass is 10.0. The van der Waals surface area contributed by atoms with Crippen molar-refractivity contribution in [2.75, 3.05) is 13.7 Å². The number of nitrogens with one attached hydrogen (secondary N) is 1. The Morgan fingerprint density at radius 2 is 2.00 bits per heavy atom. The lowest BCUT2D eigenvalue weighted by molar-refractivity contribution is 0.413. The van der Waals surface area contributed by atoms with E-state index in [9.17, 15) is 0 Å². The molecule has 0 saturated heterocycles. The van der Waals surface area contributed by atoms with Crippen LogP contribution in [-0.4, -0.2) is 19.7 Å². The lowest BCUT2D eigenvalue weighted by Gasteiger charge is -2.15. The first-order valence-corrected chi connectivity index (χ1v) is 6.46. The summed E-state index contributed by atoms with van der Waals surface area (Å²) in [5.41, 5.74) is 1.27. The van der Waals surface area contributed by atoms with Crippen LogP contribution < -0.4 is 10.1 Å². The van der Waals surface area contributed by atoms with Gasteiger partial charge < -0.3 is 10.1 Å². The van der Waals surface area contributed by atoms with Gasteiger partial charge in [-0.25, -0.2) is 0 Å². The fourth-order valence-corrected chi connectivity index (χ4v) is 1.94. The third kappa shape index (κ3) is 4.97. The number of benzene rings is 1. The van der Waals surface area contributed by atoms with E-state index in [1.54, 1.807) is 7.11 Å². The summed E-state index contributed by atoms with van der Waals surface area (Å²) >= 11 is 6.00. The van der Waals surface area contributed by atoms with Crippen LogP contribution in [0, 0.1) is 5.92 Å². The number of methoxy groups -OCH3 is 1. The first-order chi connectivity index (χ1) is 8.02. The molecule has 0 amide bonds. The minimum atomic E-state index is 0.539. The Morgan fingerprint density at radius 3 is 2.59 bits per heavy atom. The molecular formula is C14H22ClNO. The standard InChI is InChI=1S/C14H22ClNO/c1-10(2)16-9-11(3)7-12-5-6-13(15)14(8-12)17-4/h5-6,8,10-11,16H,7,9H2,1-4H3. The molecule has 0 saturated carbocycles. The Hall–Kier alpha value is -0.730. The summed E-state index contributed by atoms with van der Waals surface area (Å²) in [6.45, 7) is 7.61. The maximum Gasteiger partial charge on any atom is 0.137 e. The van der Waals surface area contributed by atoms with E-state index in [-0.39, 0.29) is 0 Å². The molecule has 0 fully saturated rings. The molecule has 96 valence electrons. The van der Waals surface area contributed by atoms with Crippen LogP contribution in [0.25, 0.3) is 0 Å². The molecule has 0 aromatic heterocycles. The minimum absolute atomic E-state index is 0.539. The van der Waals surface area contributed by atoms with Crippen LogP contribution in [0.4, 0.5) is 0 Å². The second-order valence-electron chi connectivity index (χ2n) is 4.84. The van der Waals surface area contributed by atoms with Crippen LogP contribution in [0.1, 0.15) is 26.3 Å². The maximum absolute atomic E-state index is 6.00. The van der Waals surface area contributed by atoms with Crippen LogP contribution >= 0.6 is 11.6 Å². The van der Waals surface area contributed by atoms with Crippen molar-refractivity contribution in [2.24, 2.45) is 5.92 Å². The van der Waals surface area contributed by atoms with Crippen LogP contribution in [-0.2, 0) is 6.42 Å². The monoisotopic (exact) mass is 255 g/mol. The second kappa shape index (κ2) is 6.87. The first-order valence-electron chi connectivity index (χ1n) is 6.08. The molecule has 1 atom stereocenters. The Labute approximate surface area is 109 Å². The second-order valence-corrected chi connectivity index (χ2v) is 5.25. The molecule has 0 spiro atoms. The van der Waals surface area contributed by atoms with Gasteiger partial charge in [-0.2, -0.15) is 0 Å². The summed E-state index contributed by atoms with van der Waals surface area (Å²) in [5, 5.41) is 4.12. The minimum Gasteiger partial charge on any atom is -0.495 e. The average molecular weight is 256 g/mol. The largest absolute Gasteiger partial charge is 0.495 e. The number of hydrogen-bond acceptors (Lipinski definition) is 2. The Kier molecular flexibility index (Phi) is 5.79. The van der Waals surface area contributed by atoms with Gasteiger partial charge in [-0.15, -0.1) is 0 Å². The van der Waals surface area contributed by atoms with Gasteiger partial charge in [-0.05, 0) is 36.6 Å². The van der Waals surface area contributed by atoms with Crippen molar-refractivity contribution < 1.29 is 4.74 Å². The van der Waals surface area contributed by atoms with E-state index in [1.807, 2.05) is 12.1 Å². The molecule has 0 aliphatic heterocycles. The quantitative estimate of drug-likeness (QED) is 0.840. The topological polar surface area (TPSA) is 21.3 Å². The van der Waals surface area contributed by atoms with Crippen molar-refractivity contribution >= 4 is 11.6 Å². The van der Waals surface area contributed by atoms with E-state index in [0.29, 0.717) is 17.0 Å². The number of rotatable bonds is 6.